The summed E-state index contributed by atoms with van der Waals surface area (Å²) in [4.78, 5) is 12.9. The van der Waals surface area contributed by atoms with Crippen molar-refractivity contribution in [3.05, 3.63) is 71.9 Å². The summed E-state index contributed by atoms with van der Waals surface area (Å²) in [5, 5.41) is 3.93. The summed E-state index contributed by atoms with van der Waals surface area (Å²) >= 11 is 0. The third-order valence-corrected chi connectivity index (χ3v) is 4.51. The van der Waals surface area contributed by atoms with Crippen molar-refractivity contribution < 1.29 is 9.53 Å². The number of benzene rings is 2. The average molecular weight is 348 g/mol. The monoisotopic (exact) mass is 348 g/mol. The first-order valence-corrected chi connectivity index (χ1v) is 8.79. The minimum Gasteiger partial charge on any atom is -0.493 e. The molecule has 0 bridgehead atoms. The lowest BCUT2D eigenvalue weighted by molar-refractivity contribution is 0.101. The Balaban J connectivity index is 2.03. The minimum atomic E-state index is -0.145. The highest BCUT2D eigenvalue weighted by atomic mass is 16.5. The maximum Gasteiger partial charge on any atom is 0.272 e. The van der Waals surface area contributed by atoms with E-state index in [0.29, 0.717) is 18.8 Å². The van der Waals surface area contributed by atoms with Crippen molar-refractivity contribution in [1.29, 1.82) is 0 Å². The molecule has 3 rings (SSSR count). The molecule has 26 heavy (non-hydrogen) atoms. The Morgan fingerprint density at radius 3 is 2.69 bits per heavy atom. The van der Waals surface area contributed by atoms with Crippen molar-refractivity contribution in [2.75, 3.05) is 11.9 Å². The average Bonchev–Trinajstić information content (AvgIpc) is 2.99. The van der Waals surface area contributed by atoms with Gasteiger partial charge in [-0.1, -0.05) is 18.2 Å². The molecular weight excluding hydrogens is 324 g/mol. The number of amides is 1. The summed E-state index contributed by atoms with van der Waals surface area (Å²) in [5.41, 5.74) is 4.68. The summed E-state index contributed by atoms with van der Waals surface area (Å²) in [6, 6.07) is 13.7. The maximum absolute atomic E-state index is 12.9. The van der Waals surface area contributed by atoms with E-state index in [0.717, 1.165) is 27.9 Å². The molecule has 0 saturated heterocycles. The third kappa shape index (κ3) is 3.36. The molecule has 0 unspecified atom stereocenters. The Morgan fingerprint density at radius 1 is 1.19 bits per heavy atom. The van der Waals surface area contributed by atoms with Crippen molar-refractivity contribution >= 4 is 22.5 Å². The molecule has 0 aliphatic carbocycles. The Hall–Kier alpha value is -3.01. The van der Waals surface area contributed by atoms with Gasteiger partial charge in [0.2, 0.25) is 0 Å². The van der Waals surface area contributed by atoms with Crippen LogP contribution in [0.15, 0.2) is 55.1 Å². The number of aryl methyl sites for hydroxylation is 2. The zero-order valence-electron chi connectivity index (χ0n) is 15.5. The van der Waals surface area contributed by atoms with Crippen LogP contribution in [0.1, 0.15) is 28.5 Å². The molecule has 0 aliphatic rings. The van der Waals surface area contributed by atoms with Crippen LogP contribution in [0.5, 0.6) is 5.75 Å². The van der Waals surface area contributed by atoms with Crippen LogP contribution in [-0.4, -0.2) is 17.1 Å². The van der Waals surface area contributed by atoms with Crippen LogP contribution in [0.25, 0.3) is 10.9 Å². The zero-order chi connectivity index (χ0) is 18.7. The summed E-state index contributed by atoms with van der Waals surface area (Å²) in [5.74, 6) is 0.641. The lowest BCUT2D eigenvalue weighted by Gasteiger charge is -2.10. The molecule has 4 nitrogen and oxygen atoms in total. The van der Waals surface area contributed by atoms with E-state index in [4.69, 9.17) is 4.74 Å². The van der Waals surface area contributed by atoms with Crippen molar-refractivity contribution in [1.82, 2.24) is 4.57 Å². The first-order valence-electron chi connectivity index (χ1n) is 8.79. The van der Waals surface area contributed by atoms with Crippen LogP contribution < -0.4 is 10.1 Å². The number of rotatable bonds is 6. The predicted octanol–water partition coefficient (Wildman–Crippen LogP) is 5.10. The molecule has 0 saturated carbocycles. The van der Waals surface area contributed by atoms with Gasteiger partial charge in [0, 0.05) is 17.6 Å². The number of nitrogens with zero attached hydrogens (tertiary/aromatic N) is 1. The van der Waals surface area contributed by atoms with Gasteiger partial charge in [-0.3, -0.25) is 4.79 Å². The van der Waals surface area contributed by atoms with Crippen LogP contribution in [0.3, 0.4) is 0 Å². The van der Waals surface area contributed by atoms with Gasteiger partial charge in [0.1, 0.15) is 11.4 Å². The molecule has 1 heterocycles. The summed E-state index contributed by atoms with van der Waals surface area (Å²) < 4.78 is 7.68. The summed E-state index contributed by atoms with van der Waals surface area (Å²) in [6.45, 7) is 11.0. The highest BCUT2D eigenvalue weighted by molar-refractivity contribution is 6.07. The number of aromatic nitrogens is 1. The predicted molar refractivity (Wildman–Crippen MR) is 107 cm³/mol. The Bertz CT molecular complexity index is 970. The number of nitrogens with one attached hydrogen (secondary N) is 1. The molecule has 0 radical (unpaired) electrons. The van der Waals surface area contributed by atoms with Gasteiger partial charge in [-0.25, -0.2) is 0 Å². The van der Waals surface area contributed by atoms with Gasteiger partial charge in [-0.15, -0.1) is 6.58 Å². The third-order valence-electron chi connectivity index (χ3n) is 4.51. The summed E-state index contributed by atoms with van der Waals surface area (Å²) in [7, 11) is 0. The molecule has 3 aromatic rings. The first kappa shape index (κ1) is 17.8. The summed E-state index contributed by atoms with van der Waals surface area (Å²) in [6.07, 6.45) is 1.79. The van der Waals surface area contributed by atoms with Crippen molar-refractivity contribution in [3.8, 4) is 5.75 Å². The number of anilines is 1. The fraction of sp³-hybridized carbons (Fsp3) is 0.227. The maximum atomic E-state index is 12.9. The second kappa shape index (κ2) is 7.48. The number of carbonyl (C=O) groups is 1. The van der Waals surface area contributed by atoms with Crippen LogP contribution >= 0.6 is 0 Å². The van der Waals surface area contributed by atoms with Gasteiger partial charge in [0.25, 0.3) is 5.91 Å². The van der Waals surface area contributed by atoms with Crippen molar-refractivity contribution in [3.63, 3.8) is 0 Å². The quantitative estimate of drug-likeness (QED) is 0.630. The van der Waals surface area contributed by atoms with E-state index in [1.54, 1.807) is 6.08 Å². The van der Waals surface area contributed by atoms with E-state index in [1.807, 2.05) is 60.9 Å². The Labute approximate surface area is 154 Å². The van der Waals surface area contributed by atoms with Crippen LogP contribution in [0.2, 0.25) is 0 Å². The molecule has 1 aromatic heterocycles. The second-order valence-electron chi connectivity index (χ2n) is 6.30. The standard InChI is InChI=1S/C22H24N2O2/c1-5-12-24-19-8-7-9-21(26-6-2)18(19)14-20(24)22(25)23-17-11-10-15(3)16(4)13-17/h5,7-11,13-14H,1,6,12H2,2-4H3,(H,23,25). The highest BCUT2D eigenvalue weighted by Gasteiger charge is 2.17. The largest absolute Gasteiger partial charge is 0.493 e. The number of hydrogen-bond donors (Lipinski definition) is 1. The van der Waals surface area contributed by atoms with E-state index in [-0.39, 0.29) is 5.91 Å². The van der Waals surface area contributed by atoms with Gasteiger partial charge >= 0.3 is 0 Å². The topological polar surface area (TPSA) is 43.3 Å². The number of hydrogen-bond acceptors (Lipinski definition) is 2. The smallest absolute Gasteiger partial charge is 0.272 e. The molecule has 134 valence electrons. The fourth-order valence-corrected chi connectivity index (χ4v) is 3.07. The van der Waals surface area contributed by atoms with E-state index >= 15 is 0 Å². The second-order valence-corrected chi connectivity index (χ2v) is 6.30. The molecule has 1 N–H and O–H groups in total. The van der Waals surface area contributed by atoms with E-state index < -0.39 is 0 Å². The molecule has 0 fully saturated rings. The lowest BCUT2D eigenvalue weighted by Crippen LogP contribution is -2.16. The van der Waals surface area contributed by atoms with E-state index in [1.165, 1.54) is 5.56 Å². The molecule has 0 atom stereocenters. The zero-order valence-corrected chi connectivity index (χ0v) is 15.5. The number of ether oxygens (including phenoxy) is 1. The first-order chi connectivity index (χ1) is 12.5. The molecule has 1 amide bonds. The van der Waals surface area contributed by atoms with Crippen LogP contribution in [0.4, 0.5) is 5.69 Å². The van der Waals surface area contributed by atoms with Crippen LogP contribution in [0, 0.1) is 13.8 Å². The number of allylic oxidation sites excluding steroid dienone is 1. The van der Waals surface area contributed by atoms with Gasteiger partial charge in [0.05, 0.1) is 12.1 Å². The van der Waals surface area contributed by atoms with Crippen LogP contribution in [-0.2, 0) is 6.54 Å². The fourth-order valence-electron chi connectivity index (χ4n) is 3.07. The van der Waals surface area contributed by atoms with Gasteiger partial charge in [0.15, 0.2) is 0 Å². The van der Waals surface area contributed by atoms with Crippen molar-refractivity contribution in [2.45, 2.75) is 27.3 Å². The normalized spacial score (nSPS) is 10.7. The Kier molecular flexibility index (Phi) is 5.12. The molecule has 2 aromatic carbocycles. The molecular formula is C22H24N2O2. The van der Waals surface area contributed by atoms with E-state index in [2.05, 4.69) is 18.8 Å². The SMILES string of the molecule is C=CCn1c(C(=O)Nc2ccc(C)c(C)c2)cc2c(OCC)cccc21. The molecule has 4 heteroatoms. The van der Waals surface area contributed by atoms with Gasteiger partial charge in [-0.05, 0) is 62.2 Å². The number of fused-ring (bicyclic) bond motifs is 1. The molecule has 0 spiro atoms. The lowest BCUT2D eigenvalue weighted by atomic mass is 10.1. The van der Waals surface area contributed by atoms with Crippen molar-refractivity contribution in [2.24, 2.45) is 0 Å². The minimum absolute atomic E-state index is 0.145. The Morgan fingerprint density at radius 2 is 2.00 bits per heavy atom. The van der Waals surface area contributed by atoms with Gasteiger partial charge in [-0.2, -0.15) is 0 Å². The molecule has 0 aliphatic heterocycles. The van der Waals surface area contributed by atoms with Gasteiger partial charge < -0.3 is 14.6 Å². The number of carbonyl (C=O) groups excluding carboxylic acids is 1. The van der Waals surface area contributed by atoms with E-state index in [9.17, 15) is 4.79 Å². The highest BCUT2D eigenvalue weighted by Crippen LogP contribution is 2.29.